The molecule has 0 saturated carbocycles. The highest BCUT2D eigenvalue weighted by atomic mass is 35.5. The van der Waals surface area contributed by atoms with Crippen LogP contribution < -0.4 is 5.32 Å². The van der Waals surface area contributed by atoms with Crippen LogP contribution in [0.5, 0.6) is 0 Å². The minimum atomic E-state index is 0.630. The van der Waals surface area contributed by atoms with Gasteiger partial charge in [0.15, 0.2) is 5.13 Å². The summed E-state index contributed by atoms with van der Waals surface area (Å²) in [6.45, 7) is 2.56. The predicted molar refractivity (Wildman–Crippen MR) is 75.4 cm³/mol. The lowest BCUT2D eigenvalue weighted by atomic mass is 10.3. The van der Waals surface area contributed by atoms with Crippen molar-refractivity contribution in [2.75, 3.05) is 5.32 Å². The third-order valence-electron chi connectivity index (χ3n) is 2.58. The van der Waals surface area contributed by atoms with E-state index in [-0.39, 0.29) is 0 Å². The molecule has 3 aromatic rings. The van der Waals surface area contributed by atoms with Crippen molar-refractivity contribution in [3.63, 3.8) is 0 Å². The summed E-state index contributed by atoms with van der Waals surface area (Å²) in [6.07, 6.45) is 0. The molecule has 1 aromatic carbocycles. The Morgan fingerprint density at radius 1 is 1.33 bits per heavy atom. The highest BCUT2D eigenvalue weighted by molar-refractivity contribution is 7.22. The summed E-state index contributed by atoms with van der Waals surface area (Å²) in [4.78, 5) is 4.48. The van der Waals surface area contributed by atoms with Crippen LogP contribution in [0.1, 0.15) is 11.5 Å². The molecule has 2 heterocycles. The Labute approximate surface area is 113 Å². The summed E-state index contributed by atoms with van der Waals surface area (Å²) in [5, 5.41) is 4.84. The topological polar surface area (TPSA) is 38.1 Å². The highest BCUT2D eigenvalue weighted by Crippen LogP contribution is 2.31. The van der Waals surface area contributed by atoms with Crippen molar-refractivity contribution in [2.24, 2.45) is 0 Å². The van der Waals surface area contributed by atoms with Gasteiger partial charge in [0.2, 0.25) is 0 Å². The molecule has 0 saturated heterocycles. The number of fused-ring (bicyclic) bond motifs is 1. The number of nitrogens with zero attached hydrogens (tertiary/aromatic N) is 1. The van der Waals surface area contributed by atoms with Gasteiger partial charge in [-0.3, -0.25) is 0 Å². The molecule has 0 aliphatic carbocycles. The number of halogens is 1. The van der Waals surface area contributed by atoms with Crippen molar-refractivity contribution >= 4 is 38.3 Å². The first-order valence-electron chi connectivity index (χ1n) is 5.56. The van der Waals surface area contributed by atoms with Crippen LogP contribution >= 0.6 is 22.9 Å². The number of hydrogen-bond donors (Lipinski definition) is 1. The van der Waals surface area contributed by atoms with Crippen LogP contribution in [0, 0.1) is 6.92 Å². The van der Waals surface area contributed by atoms with Crippen LogP contribution in [-0.4, -0.2) is 4.98 Å². The Balaban J connectivity index is 1.81. The molecule has 0 atom stereocenters. The zero-order valence-corrected chi connectivity index (χ0v) is 11.3. The van der Waals surface area contributed by atoms with E-state index in [2.05, 4.69) is 10.3 Å². The number of nitrogens with one attached hydrogen (secondary N) is 1. The largest absolute Gasteiger partial charge is 0.465 e. The van der Waals surface area contributed by atoms with Crippen molar-refractivity contribution in [2.45, 2.75) is 13.5 Å². The van der Waals surface area contributed by atoms with Crippen LogP contribution in [0.3, 0.4) is 0 Å². The van der Waals surface area contributed by atoms with Crippen molar-refractivity contribution in [3.05, 3.63) is 46.9 Å². The van der Waals surface area contributed by atoms with Gasteiger partial charge in [0.1, 0.15) is 11.5 Å². The van der Waals surface area contributed by atoms with Gasteiger partial charge in [0.05, 0.1) is 21.8 Å². The fraction of sp³-hybridized carbons (Fsp3) is 0.154. The van der Waals surface area contributed by atoms with Gasteiger partial charge in [-0.1, -0.05) is 29.0 Å². The van der Waals surface area contributed by atoms with Gasteiger partial charge in [-0.05, 0) is 31.2 Å². The molecule has 0 radical (unpaired) electrons. The normalized spacial score (nSPS) is 11.0. The second-order valence-corrected chi connectivity index (χ2v) is 5.38. The maximum atomic E-state index is 6.11. The van der Waals surface area contributed by atoms with E-state index in [1.165, 1.54) is 0 Å². The summed E-state index contributed by atoms with van der Waals surface area (Å²) < 4.78 is 6.50. The molecule has 1 N–H and O–H groups in total. The lowest BCUT2D eigenvalue weighted by Gasteiger charge is -1.98. The van der Waals surface area contributed by atoms with E-state index in [1.54, 1.807) is 11.3 Å². The maximum absolute atomic E-state index is 6.11. The SMILES string of the molecule is Cc1ccc(CNc2nc3cccc(Cl)c3s2)o1. The predicted octanol–water partition coefficient (Wildman–Crippen LogP) is 4.46. The molecule has 2 aromatic heterocycles. The van der Waals surface area contributed by atoms with Crippen molar-refractivity contribution in [1.29, 1.82) is 0 Å². The van der Waals surface area contributed by atoms with Gasteiger partial charge in [-0.25, -0.2) is 4.98 Å². The molecule has 0 unspecified atom stereocenters. The van der Waals surface area contributed by atoms with E-state index in [0.29, 0.717) is 6.54 Å². The van der Waals surface area contributed by atoms with Gasteiger partial charge in [-0.2, -0.15) is 0 Å². The average Bonchev–Trinajstić information content (AvgIpc) is 2.93. The number of rotatable bonds is 3. The zero-order valence-electron chi connectivity index (χ0n) is 9.74. The van der Waals surface area contributed by atoms with E-state index in [1.807, 2.05) is 37.3 Å². The first-order chi connectivity index (χ1) is 8.72. The maximum Gasteiger partial charge on any atom is 0.184 e. The van der Waals surface area contributed by atoms with E-state index in [9.17, 15) is 0 Å². The fourth-order valence-corrected chi connectivity index (χ4v) is 2.88. The second-order valence-electron chi connectivity index (χ2n) is 3.97. The Hall–Kier alpha value is -1.52. The molecule has 0 aliphatic heterocycles. The standard InChI is InChI=1S/C13H11ClN2OS/c1-8-5-6-9(17-8)7-15-13-16-11-4-2-3-10(14)12(11)18-13/h2-6H,7H2,1H3,(H,15,16). The first-order valence-corrected chi connectivity index (χ1v) is 6.76. The molecule has 0 aliphatic rings. The molecule has 3 rings (SSSR count). The molecule has 0 fully saturated rings. The number of anilines is 1. The van der Waals surface area contributed by atoms with E-state index < -0.39 is 0 Å². The molecule has 0 bridgehead atoms. The summed E-state index contributed by atoms with van der Waals surface area (Å²) >= 11 is 7.67. The number of hydrogen-bond acceptors (Lipinski definition) is 4. The monoisotopic (exact) mass is 278 g/mol. The Bertz CT molecular complexity index is 689. The van der Waals surface area contributed by atoms with Crippen LogP contribution in [0.15, 0.2) is 34.7 Å². The first kappa shape index (κ1) is 11.6. The molecular weight excluding hydrogens is 268 g/mol. The summed E-state index contributed by atoms with van der Waals surface area (Å²) in [7, 11) is 0. The van der Waals surface area contributed by atoms with E-state index in [0.717, 1.165) is 31.9 Å². The fourth-order valence-electron chi connectivity index (χ4n) is 1.73. The average molecular weight is 279 g/mol. The number of aromatic nitrogens is 1. The molecule has 0 amide bonds. The number of furan rings is 1. The van der Waals surface area contributed by atoms with Crippen molar-refractivity contribution in [1.82, 2.24) is 4.98 Å². The van der Waals surface area contributed by atoms with Crippen molar-refractivity contribution < 1.29 is 4.42 Å². The Morgan fingerprint density at radius 3 is 2.94 bits per heavy atom. The van der Waals surface area contributed by atoms with Crippen molar-refractivity contribution in [3.8, 4) is 0 Å². The van der Waals surface area contributed by atoms with E-state index in [4.69, 9.17) is 16.0 Å². The molecule has 92 valence electrons. The third-order valence-corrected chi connectivity index (χ3v) is 4.07. The molecule has 3 nitrogen and oxygen atoms in total. The second kappa shape index (κ2) is 4.63. The Morgan fingerprint density at radius 2 is 2.22 bits per heavy atom. The van der Waals surface area contributed by atoms with Crippen LogP contribution in [-0.2, 0) is 6.54 Å². The molecule has 0 spiro atoms. The summed E-state index contributed by atoms with van der Waals surface area (Å²) in [5.41, 5.74) is 0.922. The quantitative estimate of drug-likeness (QED) is 0.768. The number of benzene rings is 1. The minimum Gasteiger partial charge on any atom is -0.465 e. The van der Waals surface area contributed by atoms with Gasteiger partial charge in [0, 0.05) is 0 Å². The number of thiazole rings is 1. The van der Waals surface area contributed by atoms with Gasteiger partial charge in [0.25, 0.3) is 0 Å². The van der Waals surface area contributed by atoms with E-state index >= 15 is 0 Å². The molecule has 18 heavy (non-hydrogen) atoms. The van der Waals surface area contributed by atoms with Gasteiger partial charge >= 0.3 is 0 Å². The number of aryl methyl sites for hydroxylation is 1. The van der Waals surface area contributed by atoms with Gasteiger partial charge < -0.3 is 9.73 Å². The van der Waals surface area contributed by atoms with Gasteiger partial charge in [-0.15, -0.1) is 0 Å². The lowest BCUT2D eigenvalue weighted by Crippen LogP contribution is -1.96. The highest BCUT2D eigenvalue weighted by Gasteiger charge is 2.07. The summed E-state index contributed by atoms with van der Waals surface area (Å²) in [5.74, 6) is 1.82. The van der Waals surface area contributed by atoms with Crippen LogP contribution in [0.25, 0.3) is 10.2 Å². The summed E-state index contributed by atoms with van der Waals surface area (Å²) in [6, 6.07) is 9.65. The Kier molecular flexibility index (Phi) is 2.97. The molecular formula is C13H11ClN2OS. The van der Waals surface area contributed by atoms with Crippen LogP contribution in [0.4, 0.5) is 5.13 Å². The smallest absolute Gasteiger partial charge is 0.184 e. The zero-order chi connectivity index (χ0) is 12.5. The van der Waals surface area contributed by atoms with Crippen LogP contribution in [0.2, 0.25) is 5.02 Å². The minimum absolute atomic E-state index is 0.630. The lowest BCUT2D eigenvalue weighted by molar-refractivity contribution is 0.490. The third kappa shape index (κ3) is 2.21. The molecule has 5 heteroatoms.